The van der Waals surface area contributed by atoms with Crippen molar-refractivity contribution in [2.24, 2.45) is 0 Å². The number of methoxy groups -OCH3 is 1. The predicted octanol–water partition coefficient (Wildman–Crippen LogP) is 8.72. The SMILES string of the molecule is C=CC(=O)OC.CCCCCCCCCCCCCCCCCCCCCCN(C)C. The first-order chi connectivity index (χ1) is 15.1. The molecular weight excluding hydrogens is 382 g/mol. The highest BCUT2D eigenvalue weighted by Gasteiger charge is 1.96. The van der Waals surface area contributed by atoms with E-state index in [9.17, 15) is 4.79 Å². The summed E-state index contributed by atoms with van der Waals surface area (Å²) in [4.78, 5) is 12.1. The van der Waals surface area contributed by atoms with Crippen LogP contribution >= 0.6 is 0 Å². The second kappa shape index (κ2) is 29.2. The van der Waals surface area contributed by atoms with E-state index in [1.807, 2.05) is 0 Å². The summed E-state index contributed by atoms with van der Waals surface area (Å²) in [6, 6.07) is 0. The Morgan fingerprint density at radius 3 is 1.13 bits per heavy atom. The summed E-state index contributed by atoms with van der Waals surface area (Å²) >= 11 is 0. The molecule has 3 heteroatoms. The van der Waals surface area contributed by atoms with Crippen LogP contribution in [0.15, 0.2) is 12.7 Å². The minimum Gasteiger partial charge on any atom is -0.466 e. The van der Waals surface area contributed by atoms with E-state index in [0.717, 1.165) is 6.08 Å². The molecule has 0 aliphatic rings. The molecule has 0 amide bonds. The zero-order valence-corrected chi connectivity index (χ0v) is 21.9. The fourth-order valence-corrected chi connectivity index (χ4v) is 3.77. The van der Waals surface area contributed by atoms with Crippen LogP contribution in [0.3, 0.4) is 0 Å². The first-order valence-electron chi connectivity index (χ1n) is 13.4. The second-order valence-electron chi connectivity index (χ2n) is 9.25. The van der Waals surface area contributed by atoms with Gasteiger partial charge in [0.05, 0.1) is 7.11 Å². The van der Waals surface area contributed by atoms with Crippen molar-refractivity contribution in [3.05, 3.63) is 12.7 Å². The van der Waals surface area contributed by atoms with E-state index in [4.69, 9.17) is 0 Å². The van der Waals surface area contributed by atoms with Crippen molar-refractivity contribution >= 4 is 5.97 Å². The van der Waals surface area contributed by atoms with E-state index in [2.05, 4.69) is 37.2 Å². The van der Waals surface area contributed by atoms with Crippen molar-refractivity contribution in [1.29, 1.82) is 0 Å². The molecule has 0 fully saturated rings. The molecule has 0 aromatic carbocycles. The van der Waals surface area contributed by atoms with Crippen molar-refractivity contribution in [1.82, 2.24) is 4.90 Å². The Balaban J connectivity index is 0. The summed E-state index contributed by atoms with van der Waals surface area (Å²) in [6.45, 7) is 6.72. The van der Waals surface area contributed by atoms with Crippen molar-refractivity contribution in [2.75, 3.05) is 27.7 Å². The van der Waals surface area contributed by atoms with E-state index in [-0.39, 0.29) is 0 Å². The standard InChI is InChI=1S/C24H51N.C4H6O2/c1-4-5-6-7-8-9-10-11-12-13-14-15-16-17-18-19-20-21-22-23-24-25(2)3;1-3-4(5)6-2/h4-24H2,1-3H3;3H,1H2,2H3. The molecule has 0 heterocycles. The number of rotatable bonds is 22. The average Bonchev–Trinajstić information content (AvgIpc) is 2.77. The molecule has 0 aliphatic heterocycles. The number of unbranched alkanes of at least 4 members (excludes halogenated alkanes) is 19. The highest BCUT2D eigenvalue weighted by molar-refractivity contribution is 5.80. The summed E-state index contributed by atoms with van der Waals surface area (Å²) in [5, 5.41) is 0. The van der Waals surface area contributed by atoms with Gasteiger partial charge in [-0.3, -0.25) is 0 Å². The number of esters is 1. The molecule has 186 valence electrons. The molecule has 0 unspecified atom stereocenters. The summed E-state index contributed by atoms with van der Waals surface area (Å²) in [5.41, 5.74) is 0. The van der Waals surface area contributed by atoms with Gasteiger partial charge < -0.3 is 9.64 Å². The molecule has 0 rings (SSSR count). The highest BCUT2D eigenvalue weighted by atomic mass is 16.5. The maximum Gasteiger partial charge on any atom is 0.329 e. The normalized spacial score (nSPS) is 10.6. The van der Waals surface area contributed by atoms with Crippen LogP contribution in [-0.2, 0) is 9.53 Å². The molecule has 0 N–H and O–H groups in total. The van der Waals surface area contributed by atoms with Crippen molar-refractivity contribution in [3.63, 3.8) is 0 Å². The van der Waals surface area contributed by atoms with Crippen LogP contribution in [0.4, 0.5) is 0 Å². The number of carbonyl (C=O) groups excluding carboxylic acids is 1. The lowest BCUT2D eigenvalue weighted by Crippen LogP contribution is -2.12. The van der Waals surface area contributed by atoms with Gasteiger partial charge >= 0.3 is 5.97 Å². The molecule has 0 spiro atoms. The van der Waals surface area contributed by atoms with Crippen LogP contribution in [0.25, 0.3) is 0 Å². The van der Waals surface area contributed by atoms with Crippen LogP contribution in [0.1, 0.15) is 135 Å². The van der Waals surface area contributed by atoms with Crippen LogP contribution < -0.4 is 0 Å². The third-order valence-corrected chi connectivity index (χ3v) is 5.83. The van der Waals surface area contributed by atoms with Gasteiger partial charge in [-0.1, -0.05) is 135 Å². The molecular formula is C28H57NO2. The van der Waals surface area contributed by atoms with Crippen molar-refractivity contribution < 1.29 is 9.53 Å². The van der Waals surface area contributed by atoms with Crippen molar-refractivity contribution in [2.45, 2.75) is 135 Å². The summed E-state index contributed by atoms with van der Waals surface area (Å²) in [5.74, 6) is -0.394. The average molecular weight is 440 g/mol. The van der Waals surface area contributed by atoms with Gasteiger partial charge in [0.2, 0.25) is 0 Å². The number of nitrogens with zero attached hydrogens (tertiary/aromatic N) is 1. The summed E-state index contributed by atoms with van der Waals surface area (Å²) in [6.07, 6.45) is 30.4. The van der Waals surface area contributed by atoms with Gasteiger partial charge in [-0.2, -0.15) is 0 Å². The first-order valence-corrected chi connectivity index (χ1v) is 13.4. The maximum absolute atomic E-state index is 9.84. The van der Waals surface area contributed by atoms with Crippen LogP contribution in [-0.4, -0.2) is 38.6 Å². The van der Waals surface area contributed by atoms with Crippen LogP contribution in [0, 0.1) is 0 Å². The van der Waals surface area contributed by atoms with Gasteiger partial charge in [0.15, 0.2) is 0 Å². The molecule has 0 aliphatic carbocycles. The second-order valence-corrected chi connectivity index (χ2v) is 9.25. The molecule has 0 saturated heterocycles. The number of carbonyl (C=O) groups is 1. The summed E-state index contributed by atoms with van der Waals surface area (Å²) in [7, 11) is 5.66. The Kier molecular flexibility index (Phi) is 30.4. The van der Waals surface area contributed by atoms with Gasteiger partial charge in [-0.25, -0.2) is 4.79 Å². The monoisotopic (exact) mass is 439 g/mol. The Morgan fingerprint density at radius 1 is 0.645 bits per heavy atom. The topological polar surface area (TPSA) is 29.5 Å². The molecule has 0 saturated carbocycles. The number of hydrogen-bond acceptors (Lipinski definition) is 3. The van der Waals surface area contributed by atoms with Crippen molar-refractivity contribution in [3.8, 4) is 0 Å². The number of ether oxygens (including phenoxy) is 1. The lowest BCUT2D eigenvalue weighted by atomic mass is 10.0. The largest absolute Gasteiger partial charge is 0.466 e. The molecule has 31 heavy (non-hydrogen) atoms. The molecule has 0 aromatic rings. The zero-order valence-electron chi connectivity index (χ0n) is 21.9. The lowest BCUT2D eigenvalue weighted by Gasteiger charge is -2.08. The number of hydrogen-bond donors (Lipinski definition) is 0. The Morgan fingerprint density at radius 2 is 0.935 bits per heavy atom. The smallest absolute Gasteiger partial charge is 0.329 e. The molecule has 3 nitrogen and oxygen atoms in total. The van der Waals surface area contributed by atoms with E-state index in [0.29, 0.717) is 0 Å². The Bertz CT molecular complexity index is 355. The van der Waals surface area contributed by atoms with Crippen LogP contribution in [0.2, 0.25) is 0 Å². The maximum atomic E-state index is 9.84. The molecule has 0 bridgehead atoms. The lowest BCUT2D eigenvalue weighted by molar-refractivity contribution is -0.134. The minimum atomic E-state index is -0.394. The fourth-order valence-electron chi connectivity index (χ4n) is 3.77. The predicted molar refractivity (Wildman–Crippen MR) is 139 cm³/mol. The fraction of sp³-hybridized carbons (Fsp3) is 0.893. The summed E-state index contributed by atoms with van der Waals surface area (Å²) < 4.78 is 4.14. The molecule has 0 atom stereocenters. The third kappa shape index (κ3) is 34.0. The quantitative estimate of drug-likeness (QED) is 0.0959. The van der Waals surface area contributed by atoms with E-state index in [1.165, 1.54) is 142 Å². The van der Waals surface area contributed by atoms with E-state index < -0.39 is 5.97 Å². The van der Waals surface area contributed by atoms with E-state index in [1.54, 1.807) is 0 Å². The van der Waals surface area contributed by atoms with Crippen LogP contribution in [0.5, 0.6) is 0 Å². The Hall–Kier alpha value is -0.830. The first kappa shape index (κ1) is 32.4. The molecule has 0 radical (unpaired) electrons. The molecule has 0 aromatic heterocycles. The van der Waals surface area contributed by atoms with E-state index >= 15 is 0 Å². The third-order valence-electron chi connectivity index (χ3n) is 5.83. The minimum absolute atomic E-state index is 0.394. The highest BCUT2D eigenvalue weighted by Crippen LogP contribution is 2.14. The van der Waals surface area contributed by atoms with Gasteiger partial charge in [0, 0.05) is 6.08 Å². The van der Waals surface area contributed by atoms with Gasteiger partial charge in [0.1, 0.15) is 0 Å². The van der Waals surface area contributed by atoms with Gasteiger partial charge in [-0.15, -0.1) is 0 Å². The Labute approximate surface area is 196 Å². The van der Waals surface area contributed by atoms with Gasteiger partial charge in [0.25, 0.3) is 0 Å². The zero-order chi connectivity index (χ0) is 23.4. The van der Waals surface area contributed by atoms with Gasteiger partial charge in [-0.05, 0) is 27.1 Å².